The highest BCUT2D eigenvalue weighted by Gasteiger charge is 2.01. The van der Waals surface area contributed by atoms with Crippen LogP contribution >= 0.6 is 0 Å². The van der Waals surface area contributed by atoms with E-state index in [9.17, 15) is 0 Å². The number of hydrogen-bond donors (Lipinski definition) is 1. The van der Waals surface area contributed by atoms with Gasteiger partial charge in [-0.2, -0.15) is 0 Å². The first-order valence-electron chi connectivity index (χ1n) is 5.02. The van der Waals surface area contributed by atoms with E-state index in [1.54, 1.807) is 7.11 Å². The summed E-state index contributed by atoms with van der Waals surface area (Å²) < 4.78 is 10.5. The molecule has 0 aliphatic heterocycles. The molecule has 3 heteroatoms. The molecule has 0 unspecified atom stereocenters. The predicted molar refractivity (Wildman–Crippen MR) is 56.3 cm³/mol. The summed E-state index contributed by atoms with van der Waals surface area (Å²) in [6, 6.07) is 4.51. The van der Waals surface area contributed by atoms with Crippen LogP contribution in [0.1, 0.15) is 25.4 Å². The minimum absolute atomic E-state index is 0.531. The maximum Gasteiger partial charge on any atom is 0.129 e. The fourth-order valence-corrected chi connectivity index (χ4v) is 1.26. The first-order valence-corrected chi connectivity index (χ1v) is 5.02. The molecule has 1 N–H and O–H groups in total. The van der Waals surface area contributed by atoms with Gasteiger partial charge in [0, 0.05) is 26.1 Å². The first kappa shape index (κ1) is 11.3. The number of methoxy groups -OCH3 is 1. The molecular weight excluding hydrogens is 178 g/mol. The molecule has 0 aliphatic carbocycles. The van der Waals surface area contributed by atoms with E-state index in [-0.39, 0.29) is 0 Å². The lowest BCUT2D eigenvalue weighted by molar-refractivity contribution is 0.162. The van der Waals surface area contributed by atoms with E-state index in [2.05, 4.69) is 19.2 Å². The van der Waals surface area contributed by atoms with Crippen molar-refractivity contribution in [2.45, 2.75) is 32.9 Å². The summed E-state index contributed by atoms with van der Waals surface area (Å²) in [6.07, 6.45) is 0.932. The van der Waals surface area contributed by atoms with Gasteiger partial charge in [-0.15, -0.1) is 0 Å². The van der Waals surface area contributed by atoms with E-state index in [0.29, 0.717) is 12.6 Å². The maximum absolute atomic E-state index is 5.54. The van der Waals surface area contributed by atoms with Gasteiger partial charge in [-0.25, -0.2) is 0 Å². The molecule has 0 fully saturated rings. The van der Waals surface area contributed by atoms with Crippen molar-refractivity contribution in [1.29, 1.82) is 0 Å². The van der Waals surface area contributed by atoms with Crippen LogP contribution in [0.5, 0.6) is 0 Å². The Hall–Kier alpha value is -0.800. The average Bonchev–Trinajstić information content (AvgIpc) is 2.53. The fourth-order valence-electron chi connectivity index (χ4n) is 1.26. The van der Waals surface area contributed by atoms with Crippen molar-refractivity contribution in [1.82, 2.24) is 5.32 Å². The van der Waals surface area contributed by atoms with Gasteiger partial charge in [0.1, 0.15) is 18.1 Å². The largest absolute Gasteiger partial charge is 0.464 e. The second-order valence-corrected chi connectivity index (χ2v) is 3.66. The van der Waals surface area contributed by atoms with Crippen LogP contribution in [-0.2, 0) is 17.8 Å². The van der Waals surface area contributed by atoms with Gasteiger partial charge in [-0.05, 0) is 12.1 Å². The second-order valence-electron chi connectivity index (χ2n) is 3.66. The summed E-state index contributed by atoms with van der Waals surface area (Å²) >= 11 is 0. The molecule has 1 heterocycles. The third-order valence-electron chi connectivity index (χ3n) is 1.93. The van der Waals surface area contributed by atoms with E-state index < -0.39 is 0 Å². The van der Waals surface area contributed by atoms with Gasteiger partial charge in [0.2, 0.25) is 0 Å². The fraction of sp³-hybridized carbons (Fsp3) is 0.636. The third kappa shape index (κ3) is 3.94. The molecule has 0 radical (unpaired) electrons. The normalized spacial score (nSPS) is 11.1. The summed E-state index contributed by atoms with van der Waals surface area (Å²) in [5, 5.41) is 3.34. The number of ether oxygens (including phenoxy) is 1. The highest BCUT2D eigenvalue weighted by molar-refractivity contribution is 5.06. The number of hydrogen-bond acceptors (Lipinski definition) is 3. The van der Waals surface area contributed by atoms with Crippen molar-refractivity contribution < 1.29 is 9.15 Å². The van der Waals surface area contributed by atoms with Crippen molar-refractivity contribution in [2.24, 2.45) is 0 Å². The van der Waals surface area contributed by atoms with Crippen molar-refractivity contribution >= 4 is 0 Å². The summed E-state index contributed by atoms with van der Waals surface area (Å²) in [7, 11) is 1.67. The van der Waals surface area contributed by atoms with Crippen LogP contribution in [0, 0.1) is 0 Å². The highest BCUT2D eigenvalue weighted by Crippen LogP contribution is 2.08. The summed E-state index contributed by atoms with van der Waals surface area (Å²) in [5.41, 5.74) is 0. The Morgan fingerprint density at radius 1 is 1.36 bits per heavy atom. The quantitative estimate of drug-likeness (QED) is 0.757. The zero-order valence-corrected chi connectivity index (χ0v) is 9.17. The second kappa shape index (κ2) is 5.83. The van der Waals surface area contributed by atoms with Crippen LogP contribution < -0.4 is 5.32 Å². The monoisotopic (exact) mass is 197 g/mol. The van der Waals surface area contributed by atoms with E-state index in [0.717, 1.165) is 24.5 Å². The van der Waals surface area contributed by atoms with E-state index in [4.69, 9.17) is 9.15 Å². The zero-order valence-electron chi connectivity index (χ0n) is 9.17. The van der Waals surface area contributed by atoms with Gasteiger partial charge in [0.15, 0.2) is 0 Å². The molecular formula is C11H19NO2. The van der Waals surface area contributed by atoms with Gasteiger partial charge in [0.05, 0.1) is 0 Å². The van der Waals surface area contributed by atoms with Crippen molar-refractivity contribution in [3.05, 3.63) is 23.7 Å². The van der Waals surface area contributed by atoms with Gasteiger partial charge in [0.25, 0.3) is 0 Å². The maximum atomic E-state index is 5.54. The average molecular weight is 197 g/mol. The van der Waals surface area contributed by atoms with Crippen LogP contribution in [0.4, 0.5) is 0 Å². The molecule has 0 bridgehead atoms. The number of furan rings is 1. The lowest BCUT2D eigenvalue weighted by Gasteiger charge is -2.05. The van der Waals surface area contributed by atoms with Gasteiger partial charge in [-0.1, -0.05) is 13.8 Å². The Kier molecular flexibility index (Phi) is 4.70. The van der Waals surface area contributed by atoms with Gasteiger partial charge >= 0.3 is 0 Å². The Balaban J connectivity index is 2.28. The molecule has 0 spiro atoms. The van der Waals surface area contributed by atoms with E-state index in [1.165, 1.54) is 0 Å². The van der Waals surface area contributed by atoms with E-state index in [1.807, 2.05) is 12.1 Å². The lowest BCUT2D eigenvalue weighted by Crippen LogP contribution is -2.24. The molecule has 1 aromatic heterocycles. The Labute approximate surface area is 85.4 Å². The number of rotatable bonds is 6. The summed E-state index contributed by atoms with van der Waals surface area (Å²) in [4.78, 5) is 0. The van der Waals surface area contributed by atoms with E-state index >= 15 is 0 Å². The minimum Gasteiger partial charge on any atom is -0.464 e. The Morgan fingerprint density at radius 2 is 2.07 bits per heavy atom. The van der Waals surface area contributed by atoms with Crippen LogP contribution in [0.15, 0.2) is 16.5 Å². The predicted octanol–water partition coefficient (Wildman–Crippen LogP) is 1.97. The highest BCUT2D eigenvalue weighted by atomic mass is 16.5. The molecule has 1 rings (SSSR count). The molecule has 3 nitrogen and oxygen atoms in total. The third-order valence-corrected chi connectivity index (χ3v) is 1.93. The van der Waals surface area contributed by atoms with Gasteiger partial charge in [-0.3, -0.25) is 0 Å². The van der Waals surface area contributed by atoms with Crippen molar-refractivity contribution in [3.63, 3.8) is 0 Å². The molecule has 0 atom stereocenters. The molecule has 14 heavy (non-hydrogen) atoms. The molecule has 0 amide bonds. The molecule has 1 aromatic rings. The topological polar surface area (TPSA) is 34.4 Å². The molecule has 0 aliphatic rings. The summed E-state index contributed by atoms with van der Waals surface area (Å²) in [6.45, 7) is 5.78. The number of nitrogens with one attached hydrogen (secondary N) is 1. The molecule has 0 saturated heterocycles. The zero-order chi connectivity index (χ0) is 10.4. The van der Waals surface area contributed by atoms with Crippen LogP contribution in [0.3, 0.4) is 0 Å². The molecule has 0 saturated carbocycles. The SMILES string of the molecule is COCc1ccc(CCNC(C)C)o1. The standard InChI is InChI=1S/C11H19NO2/c1-9(2)12-7-6-10-4-5-11(14-10)8-13-3/h4-5,9,12H,6-8H2,1-3H3. The smallest absolute Gasteiger partial charge is 0.129 e. The lowest BCUT2D eigenvalue weighted by atomic mass is 10.3. The first-order chi connectivity index (χ1) is 6.72. The van der Waals surface area contributed by atoms with Crippen molar-refractivity contribution in [3.8, 4) is 0 Å². The Bertz CT molecular complexity index is 256. The summed E-state index contributed by atoms with van der Waals surface area (Å²) in [5.74, 6) is 1.91. The van der Waals surface area contributed by atoms with Crippen LogP contribution in [0.2, 0.25) is 0 Å². The van der Waals surface area contributed by atoms with Gasteiger partial charge < -0.3 is 14.5 Å². The van der Waals surface area contributed by atoms with Crippen LogP contribution in [0.25, 0.3) is 0 Å². The molecule has 0 aromatic carbocycles. The minimum atomic E-state index is 0.531. The Morgan fingerprint density at radius 3 is 2.71 bits per heavy atom. The molecule has 80 valence electrons. The van der Waals surface area contributed by atoms with Crippen LogP contribution in [-0.4, -0.2) is 19.7 Å². The van der Waals surface area contributed by atoms with Crippen molar-refractivity contribution in [2.75, 3.05) is 13.7 Å².